The van der Waals surface area contributed by atoms with Crippen LogP contribution in [-0.2, 0) is 4.74 Å². The number of hydrogen-bond donors (Lipinski definition) is 0. The predicted molar refractivity (Wildman–Crippen MR) is 84.7 cm³/mol. The van der Waals surface area contributed by atoms with Crippen LogP contribution >= 0.6 is 0 Å². The van der Waals surface area contributed by atoms with E-state index < -0.39 is 11.7 Å². The summed E-state index contributed by atoms with van der Waals surface area (Å²) in [6, 6.07) is 8.49. The first-order valence-electron chi connectivity index (χ1n) is 7.10. The molecular weight excluding hydrogens is 299 g/mol. The Morgan fingerprint density at radius 1 is 1.35 bits per heavy atom. The quantitative estimate of drug-likeness (QED) is 0.830. The van der Waals surface area contributed by atoms with Crippen LogP contribution in [0.15, 0.2) is 36.2 Å². The van der Waals surface area contributed by atoms with E-state index in [-0.39, 0.29) is 13.2 Å². The Bertz CT molecular complexity index is 598. The molecule has 0 aliphatic carbocycles. The van der Waals surface area contributed by atoms with Gasteiger partial charge < -0.3 is 14.4 Å². The molecule has 0 heterocycles. The minimum atomic E-state index is -0.607. The van der Waals surface area contributed by atoms with Crippen LogP contribution in [0.5, 0.6) is 5.75 Å². The molecule has 0 spiro atoms. The average molecular weight is 320 g/mol. The van der Waals surface area contributed by atoms with Crippen molar-refractivity contribution in [3.63, 3.8) is 0 Å². The Balaban J connectivity index is 2.54. The molecule has 5 nitrogen and oxygen atoms in total. The lowest BCUT2D eigenvalue weighted by atomic mass is 10.2. The second kappa shape index (κ2) is 8.18. The van der Waals surface area contributed by atoms with Gasteiger partial charge in [-0.1, -0.05) is 0 Å². The predicted octanol–water partition coefficient (Wildman–Crippen LogP) is 3.66. The van der Waals surface area contributed by atoms with Crippen LogP contribution in [0.2, 0.25) is 0 Å². The van der Waals surface area contributed by atoms with Crippen molar-refractivity contribution in [2.45, 2.75) is 26.4 Å². The highest BCUT2D eigenvalue weighted by atomic mass is 19.1. The second-order valence-electron chi connectivity index (χ2n) is 6.03. The summed E-state index contributed by atoms with van der Waals surface area (Å²) in [5.74, 6) is 0.517. The summed E-state index contributed by atoms with van der Waals surface area (Å²) in [4.78, 5) is 13.1. The molecule has 0 aliphatic rings. The Hall–Kier alpha value is -2.55. The summed E-state index contributed by atoms with van der Waals surface area (Å²) in [5, 5.41) is 8.72. The van der Waals surface area contributed by atoms with Crippen molar-refractivity contribution in [2.75, 3.05) is 20.2 Å². The lowest BCUT2D eigenvalue weighted by molar-refractivity contribution is 0.0310. The molecule has 1 aromatic rings. The van der Waals surface area contributed by atoms with Gasteiger partial charge in [-0.2, -0.15) is 5.26 Å². The van der Waals surface area contributed by atoms with Crippen LogP contribution in [0.4, 0.5) is 9.18 Å². The molecule has 23 heavy (non-hydrogen) atoms. The highest BCUT2D eigenvalue weighted by Crippen LogP contribution is 2.14. The van der Waals surface area contributed by atoms with E-state index >= 15 is 0 Å². The Labute approximate surface area is 135 Å². The SMILES string of the molecule is CN(C/C(=C\F)COc1ccc(C#N)cc1)C(=O)OC(C)(C)C. The van der Waals surface area contributed by atoms with Crippen molar-refractivity contribution in [1.82, 2.24) is 4.90 Å². The van der Waals surface area contributed by atoms with Crippen molar-refractivity contribution in [3.8, 4) is 11.8 Å². The third-order valence-corrected chi connectivity index (χ3v) is 2.71. The van der Waals surface area contributed by atoms with Gasteiger partial charge in [0.25, 0.3) is 0 Å². The third-order valence-electron chi connectivity index (χ3n) is 2.71. The second-order valence-corrected chi connectivity index (χ2v) is 6.03. The van der Waals surface area contributed by atoms with Crippen LogP contribution in [0.25, 0.3) is 0 Å². The number of hydrogen-bond acceptors (Lipinski definition) is 4. The minimum absolute atomic E-state index is 0.00443. The van der Waals surface area contributed by atoms with Gasteiger partial charge in [0.05, 0.1) is 24.5 Å². The van der Waals surface area contributed by atoms with Crippen LogP contribution in [0.1, 0.15) is 26.3 Å². The lowest BCUT2D eigenvalue weighted by Gasteiger charge is -2.25. The van der Waals surface area contributed by atoms with E-state index in [0.717, 1.165) is 0 Å². The largest absolute Gasteiger partial charge is 0.489 e. The fourth-order valence-electron chi connectivity index (χ4n) is 1.62. The maximum Gasteiger partial charge on any atom is 0.410 e. The highest BCUT2D eigenvalue weighted by Gasteiger charge is 2.20. The molecule has 0 fully saturated rings. The minimum Gasteiger partial charge on any atom is -0.489 e. The molecule has 0 saturated carbocycles. The summed E-state index contributed by atoms with van der Waals surface area (Å²) in [5.41, 5.74) is 0.204. The molecule has 0 bridgehead atoms. The highest BCUT2D eigenvalue weighted by molar-refractivity contribution is 5.68. The molecule has 0 aromatic heterocycles. The fourth-order valence-corrected chi connectivity index (χ4v) is 1.62. The van der Waals surface area contributed by atoms with Gasteiger partial charge in [-0.3, -0.25) is 0 Å². The number of ether oxygens (including phenoxy) is 2. The number of nitriles is 1. The molecule has 1 aromatic carbocycles. The van der Waals surface area contributed by atoms with Gasteiger partial charge in [0, 0.05) is 12.6 Å². The smallest absolute Gasteiger partial charge is 0.410 e. The zero-order valence-electron chi connectivity index (χ0n) is 13.8. The summed E-state index contributed by atoms with van der Waals surface area (Å²) >= 11 is 0. The van der Waals surface area contributed by atoms with Crippen molar-refractivity contribution in [1.29, 1.82) is 5.26 Å². The molecule has 0 atom stereocenters. The van der Waals surface area contributed by atoms with E-state index in [1.807, 2.05) is 6.07 Å². The van der Waals surface area contributed by atoms with Crippen molar-refractivity contribution >= 4 is 6.09 Å². The van der Waals surface area contributed by atoms with Crippen LogP contribution in [0, 0.1) is 11.3 Å². The summed E-state index contributed by atoms with van der Waals surface area (Å²) < 4.78 is 23.6. The van der Waals surface area contributed by atoms with Gasteiger partial charge in [-0.15, -0.1) is 0 Å². The van der Waals surface area contributed by atoms with Gasteiger partial charge in [-0.05, 0) is 45.0 Å². The Morgan fingerprint density at radius 3 is 2.43 bits per heavy atom. The van der Waals surface area contributed by atoms with Crippen LogP contribution in [0.3, 0.4) is 0 Å². The number of amides is 1. The number of halogens is 1. The molecule has 124 valence electrons. The van der Waals surface area contributed by atoms with Crippen LogP contribution in [-0.4, -0.2) is 36.8 Å². The van der Waals surface area contributed by atoms with E-state index in [1.54, 1.807) is 45.0 Å². The van der Waals surface area contributed by atoms with E-state index in [1.165, 1.54) is 11.9 Å². The third kappa shape index (κ3) is 6.83. The maximum absolute atomic E-state index is 13.0. The van der Waals surface area contributed by atoms with E-state index in [4.69, 9.17) is 14.7 Å². The molecule has 1 rings (SSSR count). The van der Waals surface area contributed by atoms with Gasteiger partial charge in [0.2, 0.25) is 0 Å². The van der Waals surface area contributed by atoms with Gasteiger partial charge >= 0.3 is 6.09 Å². The first-order valence-corrected chi connectivity index (χ1v) is 7.10. The number of carbonyl (C=O) groups excluding carboxylic acids is 1. The average Bonchev–Trinajstić information content (AvgIpc) is 2.50. The van der Waals surface area contributed by atoms with E-state index in [0.29, 0.717) is 23.2 Å². The number of nitrogens with zero attached hydrogens (tertiary/aromatic N) is 2. The summed E-state index contributed by atoms with van der Waals surface area (Å²) in [7, 11) is 1.53. The van der Waals surface area contributed by atoms with Gasteiger partial charge in [-0.25, -0.2) is 9.18 Å². The van der Waals surface area contributed by atoms with Crippen LogP contribution < -0.4 is 4.74 Å². The first-order chi connectivity index (χ1) is 10.7. The van der Waals surface area contributed by atoms with Crippen molar-refractivity contribution < 1.29 is 18.7 Å². The zero-order chi connectivity index (χ0) is 17.5. The summed E-state index contributed by atoms with van der Waals surface area (Å²) in [6.07, 6.45) is -0.111. The van der Waals surface area contributed by atoms with Crippen molar-refractivity contribution in [3.05, 3.63) is 41.7 Å². The summed E-state index contributed by atoms with van der Waals surface area (Å²) in [6.45, 7) is 5.34. The van der Waals surface area contributed by atoms with Gasteiger partial charge in [0.15, 0.2) is 0 Å². The molecule has 6 heteroatoms. The molecule has 0 N–H and O–H groups in total. The molecule has 0 saturated heterocycles. The Morgan fingerprint density at radius 2 is 1.96 bits per heavy atom. The van der Waals surface area contributed by atoms with Gasteiger partial charge in [0.1, 0.15) is 18.0 Å². The monoisotopic (exact) mass is 320 g/mol. The zero-order valence-corrected chi connectivity index (χ0v) is 13.8. The standard InChI is InChI=1S/C17H21FN2O3/c1-17(2,3)23-16(21)20(4)11-14(9-18)12-22-15-7-5-13(10-19)6-8-15/h5-9H,11-12H2,1-4H3/b14-9+. The number of rotatable bonds is 5. The fraction of sp³-hybridized carbons (Fsp3) is 0.412. The van der Waals surface area contributed by atoms with E-state index in [9.17, 15) is 9.18 Å². The normalized spacial score (nSPS) is 11.6. The number of carbonyl (C=O) groups is 1. The Kier molecular flexibility index (Phi) is 6.58. The molecule has 1 amide bonds. The molecule has 0 radical (unpaired) electrons. The number of benzene rings is 1. The topological polar surface area (TPSA) is 62.6 Å². The first kappa shape index (κ1) is 18.5. The van der Waals surface area contributed by atoms with E-state index in [2.05, 4.69) is 0 Å². The molecular formula is C17H21FN2O3. The van der Waals surface area contributed by atoms with Crippen molar-refractivity contribution in [2.24, 2.45) is 0 Å². The number of likely N-dealkylation sites (N-methyl/N-ethyl adjacent to an activating group) is 1. The lowest BCUT2D eigenvalue weighted by Crippen LogP contribution is -2.35. The maximum atomic E-state index is 13.0. The molecule has 0 unspecified atom stereocenters. The molecule has 0 aliphatic heterocycles.